The second-order valence-electron chi connectivity index (χ2n) is 9.56. The predicted molar refractivity (Wildman–Crippen MR) is 154 cm³/mol. The molecule has 0 fully saturated rings. The molecule has 0 bridgehead atoms. The Balaban J connectivity index is 1.37. The van der Waals surface area contributed by atoms with Gasteiger partial charge in [0.05, 0.1) is 16.9 Å². The van der Waals surface area contributed by atoms with Crippen LogP contribution in [0.2, 0.25) is 5.02 Å². The van der Waals surface area contributed by atoms with Gasteiger partial charge < -0.3 is 10.6 Å². The highest BCUT2D eigenvalue weighted by molar-refractivity contribution is 6.30. The van der Waals surface area contributed by atoms with Crippen molar-refractivity contribution in [3.05, 3.63) is 131 Å². The Morgan fingerprint density at radius 1 is 0.821 bits per heavy atom. The lowest BCUT2D eigenvalue weighted by Crippen LogP contribution is -2.58. The monoisotopic (exact) mass is 530 g/mol. The first-order valence-corrected chi connectivity index (χ1v) is 13.0. The highest BCUT2D eigenvalue weighted by Crippen LogP contribution is 2.48. The van der Waals surface area contributed by atoms with Gasteiger partial charge >= 0.3 is 0 Å². The Morgan fingerprint density at radius 3 is 2.08 bits per heavy atom. The van der Waals surface area contributed by atoms with Crippen LogP contribution in [0.15, 0.2) is 108 Å². The van der Waals surface area contributed by atoms with Crippen LogP contribution in [-0.2, 0) is 10.3 Å². The number of hydrazone groups is 1. The van der Waals surface area contributed by atoms with E-state index in [0.717, 1.165) is 33.6 Å². The third kappa shape index (κ3) is 3.55. The topological polar surface area (TPSA) is 83.3 Å². The van der Waals surface area contributed by atoms with Crippen molar-refractivity contribution in [1.29, 1.82) is 0 Å². The molecule has 7 nitrogen and oxygen atoms in total. The molecule has 0 unspecified atom stereocenters. The van der Waals surface area contributed by atoms with Crippen molar-refractivity contribution in [2.45, 2.75) is 12.5 Å². The molecule has 0 saturated heterocycles. The van der Waals surface area contributed by atoms with E-state index in [-0.39, 0.29) is 5.91 Å². The third-order valence-corrected chi connectivity index (χ3v) is 7.52. The minimum atomic E-state index is -1.12. The number of amides is 1. The minimum Gasteiger partial charge on any atom is -0.339 e. The van der Waals surface area contributed by atoms with Gasteiger partial charge in [-0.05, 0) is 54.4 Å². The molecule has 8 heteroatoms. The molecule has 5 aromatic rings. The molecular formula is C31H23ClN6O. The van der Waals surface area contributed by atoms with Gasteiger partial charge in [-0.15, -0.1) is 0 Å². The van der Waals surface area contributed by atoms with Crippen LogP contribution >= 0.6 is 11.6 Å². The summed E-state index contributed by atoms with van der Waals surface area (Å²) < 4.78 is 1.82. The molecule has 1 aromatic heterocycles. The number of nitrogens with zero attached hydrogens (tertiary/aromatic N) is 3. The standard InChI is InChI=1S/C31H23ClN6O/c1-19-27(29(33-21-17-15-20(32)16-18-21)38(36-19)22-9-3-2-4-10-22)28-34-30(39)31(37-35-28)25-13-7-5-11-23(25)24-12-6-8-14-26(24)31/h2-18,33,37H,1H3,(H,34,35,39). The highest BCUT2D eigenvalue weighted by atomic mass is 35.5. The van der Waals surface area contributed by atoms with Crippen LogP contribution < -0.4 is 16.1 Å². The first-order chi connectivity index (χ1) is 19.1. The number of hydrogen-bond donors (Lipinski definition) is 3. The van der Waals surface area contributed by atoms with Crippen LogP contribution in [0, 0.1) is 6.92 Å². The largest absolute Gasteiger partial charge is 0.339 e. The van der Waals surface area contributed by atoms with Gasteiger partial charge in [0.1, 0.15) is 5.82 Å². The van der Waals surface area contributed by atoms with Gasteiger partial charge in [0.25, 0.3) is 5.91 Å². The number of aryl methyl sites for hydroxylation is 1. The first-order valence-electron chi connectivity index (χ1n) is 12.6. The van der Waals surface area contributed by atoms with Crippen molar-refractivity contribution >= 4 is 34.8 Å². The summed E-state index contributed by atoms with van der Waals surface area (Å²) in [5.74, 6) is 0.864. The Labute approximate surface area is 230 Å². The summed E-state index contributed by atoms with van der Waals surface area (Å²) in [6.45, 7) is 1.90. The fourth-order valence-electron chi connectivity index (χ4n) is 5.49. The van der Waals surface area contributed by atoms with E-state index in [0.29, 0.717) is 27.9 Å². The fraction of sp³-hybridized carbons (Fsp3) is 0.0645. The van der Waals surface area contributed by atoms with E-state index in [9.17, 15) is 4.79 Å². The Hall–Kier alpha value is -4.88. The van der Waals surface area contributed by atoms with Crippen LogP contribution in [-0.4, -0.2) is 21.5 Å². The zero-order valence-electron chi connectivity index (χ0n) is 20.9. The second-order valence-corrected chi connectivity index (χ2v) is 9.99. The summed E-state index contributed by atoms with van der Waals surface area (Å²) in [6, 6.07) is 33.2. The number of hydrogen-bond acceptors (Lipinski definition) is 5. The summed E-state index contributed by atoms with van der Waals surface area (Å²) in [5.41, 5.74) is 9.03. The highest BCUT2D eigenvalue weighted by Gasteiger charge is 2.51. The summed E-state index contributed by atoms with van der Waals surface area (Å²) in [6.07, 6.45) is 0. The number of carbonyl (C=O) groups excluding carboxylic acids is 1. The number of carbonyl (C=O) groups is 1. The molecule has 2 aliphatic rings. The molecule has 0 saturated carbocycles. The number of amidine groups is 1. The van der Waals surface area contributed by atoms with E-state index in [2.05, 4.69) is 16.1 Å². The van der Waals surface area contributed by atoms with Crippen molar-refractivity contribution in [1.82, 2.24) is 20.5 Å². The van der Waals surface area contributed by atoms with Crippen molar-refractivity contribution < 1.29 is 4.79 Å². The average Bonchev–Trinajstić information content (AvgIpc) is 3.45. The average molecular weight is 531 g/mol. The number of aromatic nitrogens is 2. The molecular weight excluding hydrogens is 508 g/mol. The Morgan fingerprint density at radius 2 is 1.44 bits per heavy atom. The van der Waals surface area contributed by atoms with Gasteiger partial charge in [-0.3, -0.25) is 10.2 Å². The molecule has 190 valence electrons. The number of benzene rings is 4. The number of anilines is 2. The molecule has 1 aliphatic carbocycles. The van der Waals surface area contributed by atoms with E-state index >= 15 is 0 Å². The van der Waals surface area contributed by atoms with Crippen molar-refractivity contribution in [3.8, 4) is 16.8 Å². The summed E-state index contributed by atoms with van der Waals surface area (Å²) >= 11 is 6.13. The van der Waals surface area contributed by atoms with Crippen LogP contribution in [0.5, 0.6) is 0 Å². The van der Waals surface area contributed by atoms with Gasteiger partial charge in [-0.25, -0.2) is 4.68 Å². The Kier molecular flexibility index (Phi) is 5.28. The van der Waals surface area contributed by atoms with Crippen LogP contribution in [0.25, 0.3) is 16.8 Å². The smallest absolute Gasteiger partial charge is 0.262 e. The van der Waals surface area contributed by atoms with Crippen molar-refractivity contribution in [2.24, 2.45) is 5.10 Å². The molecule has 7 rings (SSSR count). The minimum absolute atomic E-state index is 0.200. The van der Waals surface area contributed by atoms with Gasteiger partial charge in [0.15, 0.2) is 11.4 Å². The molecule has 1 spiro atoms. The van der Waals surface area contributed by atoms with Gasteiger partial charge in [-0.2, -0.15) is 10.2 Å². The van der Waals surface area contributed by atoms with Crippen molar-refractivity contribution in [3.63, 3.8) is 0 Å². The normalized spacial score (nSPS) is 14.7. The number of para-hydroxylation sites is 1. The lowest BCUT2D eigenvalue weighted by atomic mass is 9.86. The molecule has 0 atom stereocenters. The van der Waals surface area contributed by atoms with Gasteiger partial charge in [0, 0.05) is 21.8 Å². The SMILES string of the molecule is Cc1nn(-c2ccccc2)c(Nc2ccc(Cl)cc2)c1C1=NNC2(C(=O)N1)c1ccccc1-c1ccccc12. The molecule has 1 amide bonds. The summed E-state index contributed by atoms with van der Waals surface area (Å²) in [7, 11) is 0. The first kappa shape index (κ1) is 23.3. The zero-order valence-corrected chi connectivity index (χ0v) is 21.7. The van der Waals surface area contributed by atoms with E-state index in [1.807, 2.05) is 115 Å². The maximum absolute atomic E-state index is 14.1. The van der Waals surface area contributed by atoms with Crippen molar-refractivity contribution in [2.75, 3.05) is 5.32 Å². The number of nitrogens with one attached hydrogen (secondary N) is 3. The zero-order chi connectivity index (χ0) is 26.6. The second kappa shape index (κ2) is 8.85. The lowest BCUT2D eigenvalue weighted by molar-refractivity contribution is -0.125. The van der Waals surface area contributed by atoms with E-state index in [4.69, 9.17) is 21.8 Å². The fourth-order valence-corrected chi connectivity index (χ4v) is 5.62. The quantitative estimate of drug-likeness (QED) is 0.271. The predicted octanol–water partition coefficient (Wildman–Crippen LogP) is 5.88. The van der Waals surface area contributed by atoms with Gasteiger partial charge in [-0.1, -0.05) is 78.3 Å². The maximum Gasteiger partial charge on any atom is 0.262 e. The van der Waals surface area contributed by atoms with Crippen LogP contribution in [0.4, 0.5) is 11.5 Å². The molecule has 39 heavy (non-hydrogen) atoms. The molecule has 1 aliphatic heterocycles. The van der Waals surface area contributed by atoms with E-state index in [1.165, 1.54) is 0 Å². The lowest BCUT2D eigenvalue weighted by Gasteiger charge is -2.34. The van der Waals surface area contributed by atoms with Gasteiger partial charge in [0.2, 0.25) is 0 Å². The summed E-state index contributed by atoms with van der Waals surface area (Å²) in [5, 5.41) is 16.9. The molecule has 4 aromatic carbocycles. The summed E-state index contributed by atoms with van der Waals surface area (Å²) in [4.78, 5) is 14.1. The van der Waals surface area contributed by atoms with Crippen LogP contribution in [0.1, 0.15) is 22.4 Å². The Bertz CT molecular complexity index is 1730. The molecule has 0 radical (unpaired) electrons. The van der Waals surface area contributed by atoms with E-state index < -0.39 is 5.54 Å². The third-order valence-electron chi connectivity index (χ3n) is 7.27. The number of halogens is 1. The number of fused-ring (bicyclic) bond motifs is 5. The maximum atomic E-state index is 14.1. The molecule has 3 N–H and O–H groups in total. The van der Waals surface area contributed by atoms with Crippen LogP contribution in [0.3, 0.4) is 0 Å². The number of rotatable bonds is 4. The molecule has 2 heterocycles. The van der Waals surface area contributed by atoms with E-state index in [1.54, 1.807) is 0 Å².